The maximum Gasteiger partial charge on any atom is 0.244 e. The van der Waals surface area contributed by atoms with Crippen LogP contribution in [0.25, 0.3) is 5.57 Å². The molecule has 0 saturated carbocycles. The summed E-state index contributed by atoms with van der Waals surface area (Å²) in [6.07, 6.45) is 2.52. The van der Waals surface area contributed by atoms with E-state index in [1.54, 1.807) is 19.1 Å². The Morgan fingerprint density at radius 1 is 1.55 bits per heavy atom. The maximum absolute atomic E-state index is 13.1. The number of halogens is 1. The Morgan fingerprint density at radius 2 is 2.41 bits per heavy atom. The molecule has 1 amide bonds. The van der Waals surface area contributed by atoms with Crippen molar-refractivity contribution in [2.24, 2.45) is 5.92 Å². The van der Waals surface area contributed by atoms with Gasteiger partial charge in [-0.3, -0.25) is 4.79 Å². The Morgan fingerprint density at radius 3 is 3.14 bits per heavy atom. The lowest BCUT2D eigenvalue weighted by atomic mass is 10.1. The number of carbonyl (C=O) groups excluding carboxylic acids is 1. The molecule has 1 fully saturated rings. The Bertz CT molecular complexity index is 524. The van der Waals surface area contributed by atoms with Gasteiger partial charge in [-0.2, -0.15) is 0 Å². The third kappa shape index (κ3) is 5.58. The molecule has 1 aliphatic heterocycles. The monoisotopic (exact) mass is 307 g/mol. The number of amides is 1. The summed E-state index contributed by atoms with van der Waals surface area (Å²) in [4.78, 5) is 11.8. The topological polar surface area (TPSA) is 47.6 Å². The molecule has 0 aromatic heterocycles. The van der Waals surface area contributed by atoms with E-state index < -0.39 is 0 Å². The Hall–Kier alpha value is -1.72. The number of hydrogen-bond acceptors (Lipinski definition) is 3. The van der Waals surface area contributed by atoms with Gasteiger partial charge in [0.2, 0.25) is 5.91 Å². The molecule has 0 spiro atoms. The second-order valence-corrected chi connectivity index (χ2v) is 5.43. The smallest absolute Gasteiger partial charge is 0.244 e. The highest BCUT2D eigenvalue weighted by molar-refractivity contribution is 5.94. The van der Waals surface area contributed by atoms with Gasteiger partial charge in [-0.1, -0.05) is 12.1 Å². The van der Waals surface area contributed by atoms with Gasteiger partial charge in [-0.25, -0.2) is 4.39 Å². The van der Waals surface area contributed by atoms with E-state index >= 15 is 0 Å². The molecule has 22 heavy (non-hydrogen) atoms. The Labute approximate surface area is 130 Å². The molecular weight excluding hydrogens is 285 g/mol. The van der Waals surface area contributed by atoms with E-state index in [4.69, 9.17) is 9.47 Å². The molecule has 0 radical (unpaired) electrons. The van der Waals surface area contributed by atoms with E-state index in [0.29, 0.717) is 31.2 Å². The number of nitrogens with one attached hydrogen (secondary N) is 1. The van der Waals surface area contributed by atoms with Crippen LogP contribution in [0, 0.1) is 11.7 Å². The van der Waals surface area contributed by atoms with E-state index in [0.717, 1.165) is 25.2 Å². The largest absolute Gasteiger partial charge is 0.381 e. The lowest BCUT2D eigenvalue weighted by Gasteiger charge is -2.09. The van der Waals surface area contributed by atoms with Crippen LogP contribution in [0.2, 0.25) is 0 Å². The number of benzene rings is 1. The highest BCUT2D eigenvalue weighted by Gasteiger charge is 2.15. The molecule has 1 unspecified atom stereocenters. The van der Waals surface area contributed by atoms with Gasteiger partial charge < -0.3 is 14.8 Å². The second-order valence-electron chi connectivity index (χ2n) is 5.43. The molecule has 2 rings (SSSR count). The van der Waals surface area contributed by atoms with Crippen molar-refractivity contribution in [1.82, 2.24) is 5.32 Å². The normalized spacial score (nSPS) is 18.5. The molecular formula is C17H22FNO3. The van der Waals surface area contributed by atoms with Gasteiger partial charge in [0.05, 0.1) is 19.8 Å². The minimum Gasteiger partial charge on any atom is -0.381 e. The van der Waals surface area contributed by atoms with E-state index in [1.807, 2.05) is 0 Å². The molecule has 5 heteroatoms. The van der Waals surface area contributed by atoms with Crippen molar-refractivity contribution in [2.75, 3.05) is 33.0 Å². The highest BCUT2D eigenvalue weighted by Crippen LogP contribution is 2.14. The van der Waals surface area contributed by atoms with Crippen LogP contribution in [0.1, 0.15) is 18.9 Å². The zero-order chi connectivity index (χ0) is 15.8. The lowest BCUT2D eigenvalue weighted by Crippen LogP contribution is -2.26. The van der Waals surface area contributed by atoms with Crippen LogP contribution < -0.4 is 5.32 Å². The Balaban J connectivity index is 1.67. The highest BCUT2D eigenvalue weighted by atomic mass is 19.1. The number of rotatable bonds is 7. The molecule has 1 saturated heterocycles. The first-order valence-corrected chi connectivity index (χ1v) is 7.52. The van der Waals surface area contributed by atoms with Crippen LogP contribution >= 0.6 is 0 Å². The summed E-state index contributed by atoms with van der Waals surface area (Å²) in [5.41, 5.74) is 1.42. The van der Waals surface area contributed by atoms with Crippen molar-refractivity contribution >= 4 is 11.5 Å². The average Bonchev–Trinajstić information content (AvgIpc) is 3.00. The van der Waals surface area contributed by atoms with Gasteiger partial charge in [-0.15, -0.1) is 0 Å². The summed E-state index contributed by atoms with van der Waals surface area (Å²) in [5.74, 6) is -0.0321. The van der Waals surface area contributed by atoms with Crippen LogP contribution in [-0.4, -0.2) is 38.9 Å². The predicted octanol–water partition coefficient (Wildman–Crippen LogP) is 2.40. The maximum atomic E-state index is 13.1. The Kier molecular flexibility index (Phi) is 6.55. The van der Waals surface area contributed by atoms with Crippen molar-refractivity contribution in [3.63, 3.8) is 0 Å². The van der Waals surface area contributed by atoms with Crippen molar-refractivity contribution in [2.45, 2.75) is 13.3 Å². The molecule has 4 nitrogen and oxygen atoms in total. The third-order valence-corrected chi connectivity index (χ3v) is 3.55. The first kappa shape index (κ1) is 16.6. The van der Waals surface area contributed by atoms with Crippen LogP contribution in [0.3, 0.4) is 0 Å². The van der Waals surface area contributed by atoms with Gasteiger partial charge in [0.1, 0.15) is 5.82 Å². The van der Waals surface area contributed by atoms with Gasteiger partial charge in [0.15, 0.2) is 0 Å². The quantitative estimate of drug-likeness (QED) is 0.621. The second kappa shape index (κ2) is 8.66. The first-order chi connectivity index (χ1) is 10.6. The third-order valence-electron chi connectivity index (χ3n) is 3.55. The summed E-state index contributed by atoms with van der Waals surface area (Å²) in [5, 5.41) is 2.76. The van der Waals surface area contributed by atoms with Crippen molar-refractivity contribution in [3.8, 4) is 0 Å². The van der Waals surface area contributed by atoms with E-state index in [-0.39, 0.29) is 11.7 Å². The van der Waals surface area contributed by atoms with Gasteiger partial charge in [0, 0.05) is 25.1 Å². The summed E-state index contributed by atoms with van der Waals surface area (Å²) in [6.45, 7) is 4.98. The van der Waals surface area contributed by atoms with Gasteiger partial charge in [-0.05, 0) is 36.6 Å². The van der Waals surface area contributed by atoms with E-state index in [1.165, 1.54) is 18.2 Å². The van der Waals surface area contributed by atoms with E-state index in [9.17, 15) is 9.18 Å². The fourth-order valence-corrected chi connectivity index (χ4v) is 2.28. The van der Waals surface area contributed by atoms with Crippen molar-refractivity contribution in [3.05, 3.63) is 41.7 Å². The number of hydrogen-bond donors (Lipinski definition) is 1. The fraction of sp³-hybridized carbons (Fsp3) is 0.471. The summed E-state index contributed by atoms with van der Waals surface area (Å²) >= 11 is 0. The summed E-state index contributed by atoms with van der Waals surface area (Å²) in [6, 6.07) is 6.19. The van der Waals surface area contributed by atoms with Crippen LogP contribution in [0.5, 0.6) is 0 Å². The molecule has 1 aliphatic rings. The van der Waals surface area contributed by atoms with Crippen LogP contribution in [-0.2, 0) is 14.3 Å². The standard InChI is InChI=1S/C17H22FNO3/c1-13(15-3-2-4-16(18)10-15)9-17(20)19-6-8-22-12-14-5-7-21-11-14/h2-4,9-10,14H,5-8,11-12H2,1H3,(H,19,20). The molecule has 1 atom stereocenters. The van der Waals surface area contributed by atoms with Gasteiger partial charge >= 0.3 is 0 Å². The van der Waals surface area contributed by atoms with E-state index in [2.05, 4.69) is 5.32 Å². The molecule has 0 bridgehead atoms. The molecule has 0 aliphatic carbocycles. The molecule has 120 valence electrons. The van der Waals surface area contributed by atoms with Gasteiger partial charge in [0.25, 0.3) is 0 Å². The SMILES string of the molecule is CC(=CC(=O)NCCOCC1CCOC1)c1cccc(F)c1. The van der Waals surface area contributed by atoms with Crippen LogP contribution in [0.15, 0.2) is 30.3 Å². The number of ether oxygens (including phenoxy) is 2. The molecule has 1 heterocycles. The lowest BCUT2D eigenvalue weighted by molar-refractivity contribution is -0.116. The zero-order valence-corrected chi connectivity index (χ0v) is 12.8. The fourth-order valence-electron chi connectivity index (χ4n) is 2.28. The summed E-state index contributed by atoms with van der Waals surface area (Å²) < 4.78 is 23.9. The van der Waals surface area contributed by atoms with Crippen molar-refractivity contribution < 1.29 is 18.7 Å². The minimum atomic E-state index is -0.310. The number of allylic oxidation sites excluding steroid dienone is 1. The first-order valence-electron chi connectivity index (χ1n) is 7.52. The molecule has 1 aromatic rings. The predicted molar refractivity (Wildman–Crippen MR) is 82.8 cm³/mol. The minimum absolute atomic E-state index is 0.199. The average molecular weight is 307 g/mol. The molecule has 1 N–H and O–H groups in total. The van der Waals surface area contributed by atoms with Crippen LogP contribution in [0.4, 0.5) is 4.39 Å². The zero-order valence-electron chi connectivity index (χ0n) is 12.8. The summed E-state index contributed by atoms with van der Waals surface area (Å²) in [7, 11) is 0. The number of carbonyl (C=O) groups is 1. The molecule has 1 aromatic carbocycles. The van der Waals surface area contributed by atoms with Crippen molar-refractivity contribution in [1.29, 1.82) is 0 Å².